The molecule has 4 rings (SSSR count). The van der Waals surface area contributed by atoms with E-state index in [9.17, 15) is 9.59 Å². The number of carbonyl (C=O) groups excluding carboxylic acids is 1. The van der Waals surface area contributed by atoms with Crippen LogP contribution in [-0.2, 0) is 17.8 Å². The number of nitrogens with one attached hydrogen (secondary N) is 2. The number of hydrogen-bond acceptors (Lipinski definition) is 6. The molecule has 9 nitrogen and oxygen atoms in total. The second kappa shape index (κ2) is 7.42. The average molecular weight is 395 g/mol. The Morgan fingerprint density at radius 1 is 1.34 bits per heavy atom. The maximum atomic E-state index is 12.5. The lowest BCUT2D eigenvalue weighted by Gasteiger charge is -2.08. The highest BCUT2D eigenvalue weighted by molar-refractivity contribution is 5.85. The molecular formula is C20H21N5O4. The van der Waals surface area contributed by atoms with Crippen LogP contribution in [0.15, 0.2) is 33.7 Å². The summed E-state index contributed by atoms with van der Waals surface area (Å²) in [6, 6.07) is 5.81. The number of nitrogens with zero attached hydrogens (tertiary/aromatic N) is 3. The number of hydrogen-bond donors (Lipinski definition) is 2. The van der Waals surface area contributed by atoms with Crippen molar-refractivity contribution in [3.8, 4) is 5.75 Å². The lowest BCUT2D eigenvalue weighted by Crippen LogP contribution is -2.35. The van der Waals surface area contributed by atoms with Gasteiger partial charge in [-0.1, -0.05) is 5.16 Å². The molecule has 0 unspecified atom stereocenters. The van der Waals surface area contributed by atoms with E-state index in [4.69, 9.17) is 9.26 Å². The highest BCUT2D eigenvalue weighted by Gasteiger charge is 2.16. The van der Waals surface area contributed by atoms with Crippen LogP contribution >= 0.6 is 0 Å². The second-order valence-electron chi connectivity index (χ2n) is 6.84. The molecule has 150 valence electrons. The normalized spacial score (nSPS) is 11.3. The predicted molar refractivity (Wildman–Crippen MR) is 107 cm³/mol. The summed E-state index contributed by atoms with van der Waals surface area (Å²) in [7, 11) is 1.63. The van der Waals surface area contributed by atoms with Crippen LogP contribution in [0.4, 0.5) is 0 Å². The third-order valence-corrected chi connectivity index (χ3v) is 4.92. The molecule has 9 heteroatoms. The first-order chi connectivity index (χ1) is 14.0. The van der Waals surface area contributed by atoms with Gasteiger partial charge in [-0.15, -0.1) is 0 Å². The van der Waals surface area contributed by atoms with Gasteiger partial charge in [0.25, 0.3) is 5.56 Å². The van der Waals surface area contributed by atoms with E-state index in [0.717, 1.165) is 26.9 Å². The maximum Gasteiger partial charge on any atom is 0.297 e. The van der Waals surface area contributed by atoms with E-state index < -0.39 is 5.56 Å². The van der Waals surface area contributed by atoms with Gasteiger partial charge >= 0.3 is 0 Å². The molecule has 0 aliphatic rings. The SMILES string of the molecule is COc1ccc2[nH]cc(CCNC(=O)Cn3nc(C)c4c(C)onc4c3=O)c2c1. The van der Waals surface area contributed by atoms with E-state index in [1.807, 2.05) is 24.4 Å². The molecule has 0 bridgehead atoms. The highest BCUT2D eigenvalue weighted by atomic mass is 16.5. The summed E-state index contributed by atoms with van der Waals surface area (Å²) in [4.78, 5) is 28.0. The second-order valence-corrected chi connectivity index (χ2v) is 6.84. The summed E-state index contributed by atoms with van der Waals surface area (Å²) in [5, 5.41) is 12.5. The van der Waals surface area contributed by atoms with Gasteiger partial charge in [0, 0.05) is 23.6 Å². The first-order valence-electron chi connectivity index (χ1n) is 9.22. The Balaban J connectivity index is 1.43. The smallest absolute Gasteiger partial charge is 0.297 e. The van der Waals surface area contributed by atoms with Crippen molar-refractivity contribution in [2.45, 2.75) is 26.8 Å². The first-order valence-corrected chi connectivity index (χ1v) is 9.22. The maximum absolute atomic E-state index is 12.5. The van der Waals surface area contributed by atoms with Crippen LogP contribution < -0.4 is 15.6 Å². The quantitative estimate of drug-likeness (QED) is 0.515. The van der Waals surface area contributed by atoms with Crippen LogP contribution in [-0.4, -0.2) is 39.5 Å². The van der Waals surface area contributed by atoms with E-state index >= 15 is 0 Å². The predicted octanol–water partition coefficient (Wildman–Crippen LogP) is 1.85. The van der Waals surface area contributed by atoms with Gasteiger partial charge in [-0.25, -0.2) is 4.68 Å². The van der Waals surface area contributed by atoms with Crippen LogP contribution in [0.3, 0.4) is 0 Å². The summed E-state index contributed by atoms with van der Waals surface area (Å²) >= 11 is 0. The lowest BCUT2D eigenvalue weighted by molar-refractivity contribution is -0.121. The van der Waals surface area contributed by atoms with Crippen molar-refractivity contribution in [1.82, 2.24) is 25.2 Å². The number of rotatable bonds is 6. The monoisotopic (exact) mass is 395 g/mol. The number of aryl methyl sites for hydroxylation is 2. The van der Waals surface area contributed by atoms with Gasteiger partial charge < -0.3 is 19.6 Å². The number of H-pyrrole nitrogens is 1. The first kappa shape index (κ1) is 18.7. The topological polar surface area (TPSA) is 115 Å². The molecule has 1 amide bonds. The molecule has 3 heterocycles. The number of ether oxygens (including phenoxy) is 1. The fraction of sp³-hybridized carbons (Fsp3) is 0.300. The van der Waals surface area contributed by atoms with E-state index in [-0.39, 0.29) is 18.0 Å². The van der Waals surface area contributed by atoms with Crippen molar-refractivity contribution in [3.63, 3.8) is 0 Å². The van der Waals surface area contributed by atoms with Crippen molar-refractivity contribution < 1.29 is 14.1 Å². The zero-order valence-electron chi connectivity index (χ0n) is 16.4. The fourth-order valence-corrected chi connectivity index (χ4v) is 3.47. The lowest BCUT2D eigenvalue weighted by atomic mass is 10.1. The van der Waals surface area contributed by atoms with Gasteiger partial charge in [0.1, 0.15) is 18.1 Å². The third kappa shape index (κ3) is 3.46. The van der Waals surface area contributed by atoms with Crippen LogP contribution in [0.25, 0.3) is 21.8 Å². The molecule has 0 atom stereocenters. The Kier molecular flexibility index (Phi) is 4.79. The van der Waals surface area contributed by atoms with Crippen molar-refractivity contribution in [2.75, 3.05) is 13.7 Å². The highest BCUT2D eigenvalue weighted by Crippen LogP contribution is 2.23. The zero-order chi connectivity index (χ0) is 20.5. The number of carbonyl (C=O) groups is 1. The Morgan fingerprint density at radius 2 is 2.17 bits per heavy atom. The summed E-state index contributed by atoms with van der Waals surface area (Å²) in [6.45, 7) is 3.73. The van der Waals surface area contributed by atoms with Crippen LogP contribution in [0.5, 0.6) is 5.75 Å². The molecule has 0 aliphatic carbocycles. The minimum absolute atomic E-state index is 0.177. The average Bonchev–Trinajstić information content (AvgIpc) is 3.29. The minimum atomic E-state index is -0.443. The Bertz CT molecular complexity index is 1270. The van der Waals surface area contributed by atoms with Gasteiger partial charge in [-0.2, -0.15) is 5.10 Å². The summed E-state index contributed by atoms with van der Waals surface area (Å²) in [5.41, 5.74) is 2.43. The standard InChI is InChI=1S/C20H21N5O4/c1-11-18-12(2)29-24-19(18)20(27)25(23-11)10-17(26)21-7-6-13-9-22-16-5-4-14(28-3)8-15(13)16/h4-5,8-9,22H,6-7,10H2,1-3H3,(H,21,26). The molecule has 0 saturated carbocycles. The fourth-order valence-electron chi connectivity index (χ4n) is 3.47. The van der Waals surface area contributed by atoms with Crippen molar-refractivity contribution in [2.24, 2.45) is 0 Å². The van der Waals surface area contributed by atoms with E-state index in [1.165, 1.54) is 0 Å². The third-order valence-electron chi connectivity index (χ3n) is 4.92. The molecule has 29 heavy (non-hydrogen) atoms. The van der Waals surface area contributed by atoms with Crippen LogP contribution in [0, 0.1) is 13.8 Å². The van der Waals surface area contributed by atoms with E-state index in [0.29, 0.717) is 29.8 Å². The van der Waals surface area contributed by atoms with Crippen molar-refractivity contribution in [1.29, 1.82) is 0 Å². The zero-order valence-corrected chi connectivity index (χ0v) is 16.4. The van der Waals surface area contributed by atoms with Gasteiger partial charge in [0.05, 0.1) is 18.2 Å². The number of methoxy groups -OCH3 is 1. The molecule has 0 spiro atoms. The molecule has 2 N–H and O–H groups in total. The number of benzene rings is 1. The van der Waals surface area contributed by atoms with Gasteiger partial charge in [-0.3, -0.25) is 9.59 Å². The Morgan fingerprint density at radius 3 is 2.97 bits per heavy atom. The largest absolute Gasteiger partial charge is 0.497 e. The number of fused-ring (bicyclic) bond motifs is 2. The number of aromatic nitrogens is 4. The number of amides is 1. The van der Waals surface area contributed by atoms with E-state index in [1.54, 1.807) is 21.0 Å². The molecule has 3 aromatic heterocycles. The number of aromatic amines is 1. The molecule has 0 aliphatic heterocycles. The van der Waals surface area contributed by atoms with E-state index in [2.05, 4.69) is 20.6 Å². The summed E-state index contributed by atoms with van der Waals surface area (Å²) in [5.74, 6) is 1.02. The van der Waals surface area contributed by atoms with Gasteiger partial charge in [0.2, 0.25) is 5.91 Å². The molecule has 0 fully saturated rings. The van der Waals surface area contributed by atoms with Crippen molar-refractivity contribution >= 4 is 27.7 Å². The van der Waals surface area contributed by atoms with Gasteiger partial charge in [-0.05, 0) is 44.0 Å². The minimum Gasteiger partial charge on any atom is -0.497 e. The Hall–Kier alpha value is -3.62. The Labute approximate surface area is 165 Å². The van der Waals surface area contributed by atoms with Crippen LogP contribution in [0.1, 0.15) is 17.0 Å². The van der Waals surface area contributed by atoms with Gasteiger partial charge in [0.15, 0.2) is 5.52 Å². The molecule has 0 saturated heterocycles. The van der Waals surface area contributed by atoms with Crippen molar-refractivity contribution in [3.05, 3.63) is 51.8 Å². The van der Waals surface area contributed by atoms with Crippen LogP contribution in [0.2, 0.25) is 0 Å². The summed E-state index contributed by atoms with van der Waals surface area (Å²) < 4.78 is 11.5. The molecule has 1 aromatic carbocycles. The molecule has 4 aromatic rings. The summed E-state index contributed by atoms with van der Waals surface area (Å²) in [6.07, 6.45) is 2.56. The molecular weight excluding hydrogens is 374 g/mol. The molecule has 0 radical (unpaired) electrons.